The van der Waals surface area contributed by atoms with Crippen molar-refractivity contribution in [1.82, 2.24) is 14.5 Å². The first-order valence-corrected chi connectivity index (χ1v) is 13.1. The van der Waals surface area contributed by atoms with Crippen LogP contribution in [0.25, 0.3) is 10.2 Å². The van der Waals surface area contributed by atoms with Crippen molar-refractivity contribution >= 4 is 55.7 Å². The predicted molar refractivity (Wildman–Crippen MR) is 132 cm³/mol. The van der Waals surface area contributed by atoms with Crippen molar-refractivity contribution in [3.05, 3.63) is 68.3 Å². The van der Waals surface area contributed by atoms with Crippen LogP contribution in [0.2, 0.25) is 0 Å². The van der Waals surface area contributed by atoms with Gasteiger partial charge in [-0.25, -0.2) is 9.97 Å². The lowest BCUT2D eigenvalue weighted by Gasteiger charge is -2.16. The number of amides is 1. The summed E-state index contributed by atoms with van der Waals surface area (Å²) < 4.78 is 1.73. The molecule has 0 unspecified atom stereocenters. The Morgan fingerprint density at radius 3 is 2.84 bits per heavy atom. The largest absolute Gasteiger partial charge is 0.301 e. The number of carbonyl (C=O) groups excluding carboxylic acids is 1. The van der Waals surface area contributed by atoms with E-state index in [1.165, 1.54) is 33.5 Å². The number of aryl methyl sites for hydroxylation is 2. The number of hydrogen-bond donors (Lipinski definition) is 1. The number of hydrogen-bond acceptors (Lipinski definition) is 7. The molecule has 0 spiro atoms. The van der Waals surface area contributed by atoms with Gasteiger partial charge in [-0.15, -0.1) is 22.7 Å². The summed E-state index contributed by atoms with van der Waals surface area (Å²) in [4.78, 5) is 37.5. The molecule has 3 heterocycles. The maximum atomic E-state index is 13.7. The number of thiophene rings is 1. The number of fused-ring (bicyclic) bond motifs is 3. The molecular weight excluding hydrogens is 460 g/mol. The fourth-order valence-corrected chi connectivity index (χ4v) is 6.66. The van der Waals surface area contributed by atoms with E-state index in [1.807, 2.05) is 42.6 Å². The van der Waals surface area contributed by atoms with E-state index in [1.54, 1.807) is 22.1 Å². The highest BCUT2D eigenvalue weighted by Crippen LogP contribution is 2.35. The minimum atomic E-state index is -0.431. The van der Waals surface area contributed by atoms with Gasteiger partial charge in [0.25, 0.3) is 5.56 Å². The Hall–Kier alpha value is -2.49. The molecule has 1 aliphatic carbocycles. The summed E-state index contributed by atoms with van der Waals surface area (Å²) in [7, 11) is 0. The number of thiazole rings is 1. The van der Waals surface area contributed by atoms with Crippen LogP contribution >= 0.6 is 34.4 Å². The Labute approximate surface area is 197 Å². The van der Waals surface area contributed by atoms with Crippen molar-refractivity contribution in [3.8, 4) is 0 Å². The zero-order valence-corrected chi connectivity index (χ0v) is 20.0. The van der Waals surface area contributed by atoms with Crippen LogP contribution in [-0.2, 0) is 24.2 Å². The molecule has 1 aromatic carbocycles. The van der Waals surface area contributed by atoms with Gasteiger partial charge in [-0.1, -0.05) is 42.1 Å². The van der Waals surface area contributed by atoms with E-state index >= 15 is 0 Å². The molecule has 0 aliphatic heterocycles. The van der Waals surface area contributed by atoms with Crippen LogP contribution in [0.1, 0.15) is 35.8 Å². The normalized spacial score (nSPS) is 14.3. The lowest BCUT2D eigenvalue weighted by molar-refractivity contribution is -0.115. The van der Waals surface area contributed by atoms with Crippen molar-refractivity contribution in [1.29, 1.82) is 0 Å². The molecule has 32 heavy (non-hydrogen) atoms. The Bertz CT molecular complexity index is 1310. The van der Waals surface area contributed by atoms with E-state index in [4.69, 9.17) is 4.98 Å². The van der Waals surface area contributed by atoms with Gasteiger partial charge in [-0.05, 0) is 43.7 Å². The molecule has 0 fully saturated rings. The third-order valence-corrected chi connectivity index (χ3v) is 8.50. The van der Waals surface area contributed by atoms with Crippen molar-refractivity contribution < 1.29 is 4.79 Å². The lowest BCUT2D eigenvalue weighted by atomic mass is 9.97. The Morgan fingerprint density at radius 2 is 2.06 bits per heavy atom. The molecule has 6 nitrogen and oxygen atoms in total. The van der Waals surface area contributed by atoms with E-state index < -0.39 is 5.25 Å². The van der Waals surface area contributed by atoms with Crippen LogP contribution in [0, 0.1) is 0 Å². The number of aromatic nitrogens is 3. The third kappa shape index (κ3) is 4.24. The highest BCUT2D eigenvalue weighted by atomic mass is 32.2. The monoisotopic (exact) mass is 482 g/mol. The first-order chi connectivity index (χ1) is 15.6. The summed E-state index contributed by atoms with van der Waals surface area (Å²) >= 11 is 4.33. The van der Waals surface area contributed by atoms with E-state index in [9.17, 15) is 9.59 Å². The number of rotatable bonds is 6. The van der Waals surface area contributed by atoms with E-state index in [0.29, 0.717) is 16.8 Å². The Balaban J connectivity index is 1.54. The average Bonchev–Trinajstić information content (AvgIpc) is 3.44. The summed E-state index contributed by atoms with van der Waals surface area (Å²) in [6.07, 6.45) is 5.89. The van der Waals surface area contributed by atoms with Gasteiger partial charge >= 0.3 is 0 Å². The maximum Gasteiger partial charge on any atom is 0.263 e. The fraction of sp³-hybridized carbons (Fsp3) is 0.304. The highest BCUT2D eigenvalue weighted by molar-refractivity contribution is 8.00. The summed E-state index contributed by atoms with van der Waals surface area (Å²) in [6, 6.07) is 9.91. The van der Waals surface area contributed by atoms with E-state index in [-0.39, 0.29) is 11.5 Å². The van der Waals surface area contributed by atoms with Crippen LogP contribution in [0.15, 0.2) is 51.9 Å². The van der Waals surface area contributed by atoms with Crippen molar-refractivity contribution in [2.75, 3.05) is 5.32 Å². The topological polar surface area (TPSA) is 76.9 Å². The van der Waals surface area contributed by atoms with Crippen LogP contribution in [0.4, 0.5) is 5.13 Å². The molecular formula is C23H22N4O2S3. The Morgan fingerprint density at radius 1 is 1.25 bits per heavy atom. The number of benzene rings is 1. The molecule has 9 heteroatoms. The first-order valence-electron chi connectivity index (χ1n) is 10.6. The third-order valence-electron chi connectivity index (χ3n) is 5.54. The van der Waals surface area contributed by atoms with E-state index in [0.717, 1.165) is 41.5 Å². The van der Waals surface area contributed by atoms with Gasteiger partial charge in [0, 0.05) is 16.5 Å². The smallest absolute Gasteiger partial charge is 0.263 e. The van der Waals surface area contributed by atoms with Gasteiger partial charge in [-0.2, -0.15) is 0 Å². The lowest BCUT2D eigenvalue weighted by Crippen LogP contribution is -2.27. The zero-order valence-electron chi connectivity index (χ0n) is 17.5. The van der Waals surface area contributed by atoms with Crippen molar-refractivity contribution in [2.45, 2.75) is 49.6 Å². The van der Waals surface area contributed by atoms with Crippen LogP contribution in [0.3, 0.4) is 0 Å². The second kappa shape index (κ2) is 9.17. The molecule has 4 aromatic rings. The summed E-state index contributed by atoms with van der Waals surface area (Å²) in [6.45, 7) is 2.26. The van der Waals surface area contributed by atoms with Crippen LogP contribution in [0.5, 0.6) is 0 Å². The highest BCUT2D eigenvalue weighted by Gasteiger charge is 2.24. The van der Waals surface area contributed by atoms with Crippen molar-refractivity contribution in [3.63, 3.8) is 0 Å². The molecule has 3 aromatic heterocycles. The van der Waals surface area contributed by atoms with Gasteiger partial charge in [0.2, 0.25) is 5.91 Å². The summed E-state index contributed by atoms with van der Waals surface area (Å²) in [5.41, 5.74) is 2.21. The number of thioether (sulfide) groups is 1. The molecule has 1 atom stereocenters. The first kappa shape index (κ1) is 21.4. The second-order valence-electron chi connectivity index (χ2n) is 7.75. The molecule has 0 saturated heterocycles. The van der Waals surface area contributed by atoms with Gasteiger partial charge in [0.15, 0.2) is 10.3 Å². The number of nitrogens with zero attached hydrogens (tertiary/aromatic N) is 3. The molecule has 0 saturated carbocycles. The van der Waals surface area contributed by atoms with E-state index in [2.05, 4.69) is 10.3 Å². The number of nitrogens with one attached hydrogen (secondary N) is 1. The second-order valence-corrected chi connectivity index (χ2v) is 11.0. The van der Waals surface area contributed by atoms with Gasteiger partial charge in [0.05, 0.1) is 17.2 Å². The number of anilines is 1. The predicted octanol–water partition coefficient (Wildman–Crippen LogP) is 4.96. The van der Waals surface area contributed by atoms with Gasteiger partial charge in [-0.3, -0.25) is 14.2 Å². The average molecular weight is 483 g/mol. The maximum absolute atomic E-state index is 13.7. The minimum Gasteiger partial charge on any atom is -0.301 e. The molecule has 0 radical (unpaired) electrons. The van der Waals surface area contributed by atoms with Gasteiger partial charge in [0.1, 0.15) is 4.83 Å². The Kier molecular flexibility index (Phi) is 6.12. The molecule has 0 bridgehead atoms. The zero-order chi connectivity index (χ0) is 22.1. The summed E-state index contributed by atoms with van der Waals surface area (Å²) in [5, 5.41) is 6.14. The fourth-order valence-electron chi connectivity index (χ4n) is 3.92. The molecule has 5 rings (SSSR count). The SMILES string of the molecule is C[C@@H](Sc1nc2sc3c(c2c(=O)n1Cc1ccccc1)CCCC3)C(=O)Nc1nccs1. The minimum absolute atomic E-state index is 0.00622. The number of carbonyl (C=O) groups is 1. The van der Waals surface area contributed by atoms with Crippen LogP contribution < -0.4 is 10.9 Å². The molecule has 164 valence electrons. The molecule has 1 N–H and O–H groups in total. The van der Waals surface area contributed by atoms with Crippen molar-refractivity contribution in [2.24, 2.45) is 0 Å². The summed E-state index contributed by atoms with van der Waals surface area (Å²) in [5.74, 6) is -0.156. The van der Waals surface area contributed by atoms with Gasteiger partial charge < -0.3 is 5.32 Å². The molecule has 1 amide bonds. The standard InChI is InChI=1S/C23H22N4O2S3/c1-14(19(28)25-22-24-11-12-30-22)31-23-26-20-18(16-9-5-6-10-17(16)32-20)21(29)27(23)13-15-7-3-2-4-8-15/h2-4,7-8,11-12,14H,5-6,9-10,13H2,1H3,(H,24,25,28)/t14-/m1/s1. The molecule has 1 aliphatic rings. The quantitative estimate of drug-likeness (QED) is 0.310. The van der Waals surface area contributed by atoms with Crippen LogP contribution in [-0.4, -0.2) is 25.7 Å².